The summed E-state index contributed by atoms with van der Waals surface area (Å²) in [4.78, 5) is 0. The molecule has 23 heavy (non-hydrogen) atoms. The van der Waals surface area contributed by atoms with Crippen LogP contribution in [0.15, 0.2) is 59.8 Å². The smallest absolute Gasteiger partial charge is 0.119 e. The summed E-state index contributed by atoms with van der Waals surface area (Å²) >= 11 is 0. The van der Waals surface area contributed by atoms with Gasteiger partial charge in [0.25, 0.3) is 0 Å². The number of hydrogen-bond donors (Lipinski definition) is 2. The van der Waals surface area contributed by atoms with Gasteiger partial charge in [-0.3, -0.25) is 0 Å². The molecule has 4 nitrogen and oxygen atoms in total. The number of anilines is 2. The zero-order chi connectivity index (χ0) is 16.2. The van der Waals surface area contributed by atoms with Gasteiger partial charge in [0.1, 0.15) is 5.75 Å². The quantitative estimate of drug-likeness (QED) is 0.274. The van der Waals surface area contributed by atoms with Gasteiger partial charge in [-0.05, 0) is 55.7 Å². The van der Waals surface area contributed by atoms with E-state index in [-0.39, 0.29) is 0 Å². The van der Waals surface area contributed by atoms with E-state index in [9.17, 15) is 0 Å². The third kappa shape index (κ3) is 6.87. The minimum atomic E-state index is 0.736. The number of benzene rings is 2. The largest absolute Gasteiger partial charge is 0.494 e. The van der Waals surface area contributed by atoms with Gasteiger partial charge in [0.05, 0.1) is 6.61 Å². The minimum absolute atomic E-state index is 0.736. The highest BCUT2D eigenvalue weighted by Crippen LogP contribution is 2.20. The highest BCUT2D eigenvalue weighted by Gasteiger charge is 1.97. The average molecular weight is 312 g/mol. The lowest BCUT2D eigenvalue weighted by Gasteiger charge is -2.09. The molecule has 0 aromatic heterocycles. The van der Waals surface area contributed by atoms with E-state index in [2.05, 4.69) is 10.5 Å². The van der Waals surface area contributed by atoms with E-state index in [1.807, 2.05) is 54.6 Å². The molecule has 0 spiro atoms. The van der Waals surface area contributed by atoms with Crippen LogP contribution in [0, 0.1) is 0 Å². The van der Waals surface area contributed by atoms with Gasteiger partial charge in [0.2, 0.25) is 0 Å². The van der Waals surface area contributed by atoms with E-state index in [4.69, 9.17) is 9.94 Å². The molecule has 0 fully saturated rings. The number of oxime groups is 1. The minimum Gasteiger partial charge on any atom is -0.494 e. The van der Waals surface area contributed by atoms with Crippen LogP contribution in [-0.4, -0.2) is 18.0 Å². The lowest BCUT2D eigenvalue weighted by Crippen LogP contribution is -1.97. The molecule has 122 valence electrons. The second kappa shape index (κ2) is 10.3. The maximum atomic E-state index is 8.28. The molecule has 0 aliphatic heterocycles. The van der Waals surface area contributed by atoms with Crippen molar-refractivity contribution in [3.8, 4) is 5.75 Å². The molecule has 0 aliphatic rings. The predicted molar refractivity (Wildman–Crippen MR) is 95.0 cm³/mol. The van der Waals surface area contributed by atoms with Crippen molar-refractivity contribution in [3.05, 3.63) is 54.6 Å². The molecule has 2 rings (SSSR count). The fourth-order valence-electron chi connectivity index (χ4n) is 2.26. The topological polar surface area (TPSA) is 53.9 Å². The van der Waals surface area contributed by atoms with Crippen LogP contribution >= 0.6 is 0 Å². The molecule has 0 saturated heterocycles. The van der Waals surface area contributed by atoms with Gasteiger partial charge in [0, 0.05) is 17.6 Å². The van der Waals surface area contributed by atoms with Crippen molar-refractivity contribution in [2.24, 2.45) is 5.16 Å². The van der Waals surface area contributed by atoms with E-state index in [0.717, 1.165) is 55.8 Å². The molecular weight excluding hydrogens is 288 g/mol. The highest BCUT2D eigenvalue weighted by atomic mass is 16.5. The Hall–Kier alpha value is -2.49. The summed E-state index contributed by atoms with van der Waals surface area (Å²) in [5.74, 6) is 0.899. The Kier molecular flexibility index (Phi) is 7.54. The number of para-hydroxylation sites is 1. The Morgan fingerprint density at radius 1 is 0.870 bits per heavy atom. The maximum Gasteiger partial charge on any atom is 0.119 e. The van der Waals surface area contributed by atoms with Gasteiger partial charge >= 0.3 is 0 Å². The van der Waals surface area contributed by atoms with Crippen molar-refractivity contribution in [2.75, 3.05) is 11.9 Å². The van der Waals surface area contributed by atoms with Crippen LogP contribution in [0.2, 0.25) is 0 Å². The summed E-state index contributed by atoms with van der Waals surface area (Å²) in [6, 6.07) is 18.1. The van der Waals surface area contributed by atoms with Crippen LogP contribution in [-0.2, 0) is 0 Å². The monoisotopic (exact) mass is 312 g/mol. The lowest BCUT2D eigenvalue weighted by molar-refractivity contribution is 0.304. The molecule has 2 N–H and O–H groups in total. The molecular formula is C19H24N2O2. The Morgan fingerprint density at radius 2 is 1.57 bits per heavy atom. The number of rotatable bonds is 10. The number of hydrogen-bond acceptors (Lipinski definition) is 4. The van der Waals surface area contributed by atoms with Gasteiger partial charge in [-0.1, -0.05) is 31.0 Å². The molecule has 2 aromatic carbocycles. The van der Waals surface area contributed by atoms with E-state index in [0.29, 0.717) is 0 Å². The molecule has 0 saturated carbocycles. The van der Waals surface area contributed by atoms with Crippen molar-refractivity contribution >= 4 is 17.6 Å². The summed E-state index contributed by atoms with van der Waals surface area (Å²) in [7, 11) is 0. The normalized spacial score (nSPS) is 10.8. The van der Waals surface area contributed by atoms with Crippen LogP contribution < -0.4 is 10.1 Å². The summed E-state index contributed by atoms with van der Waals surface area (Å²) in [6.07, 6.45) is 6.75. The van der Waals surface area contributed by atoms with E-state index >= 15 is 0 Å². The molecule has 0 bridgehead atoms. The van der Waals surface area contributed by atoms with Crippen molar-refractivity contribution in [1.29, 1.82) is 0 Å². The predicted octanol–water partition coefficient (Wildman–Crippen LogP) is 5.22. The van der Waals surface area contributed by atoms with Crippen molar-refractivity contribution in [3.63, 3.8) is 0 Å². The number of unbranched alkanes of at least 4 members (excludes halogenated alkanes) is 4. The Morgan fingerprint density at radius 3 is 2.30 bits per heavy atom. The molecule has 0 aliphatic carbocycles. The first-order valence-electron chi connectivity index (χ1n) is 8.09. The number of nitrogens with zero attached hydrogens (tertiary/aromatic N) is 1. The van der Waals surface area contributed by atoms with E-state index in [1.54, 1.807) is 6.21 Å². The first-order valence-corrected chi connectivity index (χ1v) is 8.09. The lowest BCUT2D eigenvalue weighted by atomic mass is 10.1. The van der Waals surface area contributed by atoms with Crippen molar-refractivity contribution in [2.45, 2.75) is 32.1 Å². The average Bonchev–Trinajstić information content (AvgIpc) is 2.60. The van der Waals surface area contributed by atoms with Gasteiger partial charge < -0.3 is 15.3 Å². The summed E-state index contributed by atoms with van der Waals surface area (Å²) in [5.41, 5.74) is 2.13. The second-order valence-corrected chi connectivity index (χ2v) is 5.36. The summed E-state index contributed by atoms with van der Waals surface area (Å²) in [5, 5.41) is 14.6. The van der Waals surface area contributed by atoms with Gasteiger partial charge in [-0.15, -0.1) is 5.16 Å². The first kappa shape index (κ1) is 16.9. The van der Waals surface area contributed by atoms with E-state index in [1.165, 1.54) is 0 Å². The van der Waals surface area contributed by atoms with Crippen molar-refractivity contribution in [1.82, 2.24) is 0 Å². The molecule has 0 unspecified atom stereocenters. The van der Waals surface area contributed by atoms with E-state index < -0.39 is 0 Å². The summed E-state index contributed by atoms with van der Waals surface area (Å²) < 4.78 is 5.74. The van der Waals surface area contributed by atoms with Gasteiger partial charge in [-0.2, -0.15) is 0 Å². The standard InChI is InChI=1S/C19H24N2O2/c22-20-15-7-2-1-3-8-16-23-19-13-11-18(12-14-19)21-17-9-5-4-6-10-17/h4-6,9-15,21-22H,1-3,7-8,16H2/b20-15+. The van der Waals surface area contributed by atoms with Crippen molar-refractivity contribution < 1.29 is 9.94 Å². The highest BCUT2D eigenvalue weighted by molar-refractivity contribution is 5.60. The molecule has 0 atom stereocenters. The fourth-order valence-corrected chi connectivity index (χ4v) is 2.26. The van der Waals surface area contributed by atoms with Crippen LogP contribution in [0.4, 0.5) is 11.4 Å². The number of ether oxygens (including phenoxy) is 1. The summed E-state index contributed by atoms with van der Waals surface area (Å²) in [6.45, 7) is 0.736. The Bertz CT molecular complexity index is 568. The molecule has 0 radical (unpaired) electrons. The molecule has 0 amide bonds. The third-order valence-electron chi connectivity index (χ3n) is 3.49. The second-order valence-electron chi connectivity index (χ2n) is 5.36. The maximum absolute atomic E-state index is 8.28. The van der Waals surface area contributed by atoms with Gasteiger partial charge in [-0.25, -0.2) is 0 Å². The third-order valence-corrected chi connectivity index (χ3v) is 3.49. The van der Waals surface area contributed by atoms with Gasteiger partial charge in [0.15, 0.2) is 0 Å². The number of nitrogens with one attached hydrogen (secondary N) is 1. The Labute approximate surface area is 137 Å². The molecule has 2 aromatic rings. The van der Waals surface area contributed by atoms with Crippen LogP contribution in [0.25, 0.3) is 0 Å². The first-order chi connectivity index (χ1) is 11.4. The molecule has 0 heterocycles. The molecule has 4 heteroatoms. The van der Waals surface area contributed by atoms with Crippen LogP contribution in [0.3, 0.4) is 0 Å². The van der Waals surface area contributed by atoms with Crippen LogP contribution in [0.5, 0.6) is 5.75 Å². The SMILES string of the molecule is O/N=C/CCCCCCOc1ccc(Nc2ccccc2)cc1. The zero-order valence-corrected chi connectivity index (χ0v) is 13.3. The van der Waals surface area contributed by atoms with Crippen LogP contribution in [0.1, 0.15) is 32.1 Å². The Balaban J connectivity index is 1.63. The zero-order valence-electron chi connectivity index (χ0n) is 13.3. The fraction of sp³-hybridized carbons (Fsp3) is 0.316.